The second-order valence-corrected chi connectivity index (χ2v) is 3.40. The minimum Gasteiger partial charge on any atom is -0.493 e. The molecule has 1 rings (SSSR count). The van der Waals surface area contributed by atoms with Gasteiger partial charge in [0.1, 0.15) is 11.6 Å². The van der Waals surface area contributed by atoms with Crippen LogP contribution < -0.4 is 10.5 Å². The van der Waals surface area contributed by atoms with Gasteiger partial charge in [-0.05, 0) is 25.1 Å². The van der Waals surface area contributed by atoms with Crippen molar-refractivity contribution in [3.05, 3.63) is 28.2 Å². The number of benzene rings is 1. The van der Waals surface area contributed by atoms with Crippen LogP contribution in [-0.4, -0.2) is 12.4 Å². The second kappa shape index (κ2) is 4.28. The Morgan fingerprint density at radius 1 is 1.62 bits per heavy atom. The average molecular weight is 243 g/mol. The van der Waals surface area contributed by atoms with E-state index in [1.54, 1.807) is 12.1 Å². The summed E-state index contributed by atoms with van der Waals surface area (Å²) in [5.41, 5.74) is 6.02. The van der Waals surface area contributed by atoms with Crippen LogP contribution in [0.15, 0.2) is 22.7 Å². The van der Waals surface area contributed by atoms with E-state index < -0.39 is 0 Å². The number of amidine groups is 1. The highest BCUT2D eigenvalue weighted by atomic mass is 79.9. The smallest absolute Gasteiger partial charge is 0.130 e. The molecule has 3 nitrogen and oxygen atoms in total. The van der Waals surface area contributed by atoms with Crippen molar-refractivity contribution in [3.8, 4) is 5.75 Å². The second-order valence-electron chi connectivity index (χ2n) is 2.49. The number of rotatable bonds is 3. The Bertz CT molecular complexity index is 325. The Kier molecular flexibility index (Phi) is 3.31. The number of hydrogen-bond acceptors (Lipinski definition) is 2. The molecule has 0 aliphatic heterocycles. The zero-order valence-electron chi connectivity index (χ0n) is 7.30. The van der Waals surface area contributed by atoms with Crippen molar-refractivity contribution >= 4 is 21.8 Å². The van der Waals surface area contributed by atoms with Crippen LogP contribution in [0.3, 0.4) is 0 Å². The number of halogens is 1. The van der Waals surface area contributed by atoms with Crippen molar-refractivity contribution in [1.82, 2.24) is 0 Å². The summed E-state index contributed by atoms with van der Waals surface area (Å²) < 4.78 is 6.20. The molecule has 0 saturated carbocycles. The highest BCUT2D eigenvalue weighted by molar-refractivity contribution is 9.10. The van der Waals surface area contributed by atoms with Gasteiger partial charge in [0.25, 0.3) is 0 Å². The van der Waals surface area contributed by atoms with Crippen LogP contribution in [0.5, 0.6) is 5.75 Å². The van der Waals surface area contributed by atoms with Gasteiger partial charge in [-0.3, -0.25) is 5.41 Å². The molecule has 1 aromatic rings. The number of nitrogen functional groups attached to an aromatic ring is 1. The lowest BCUT2D eigenvalue weighted by Crippen LogP contribution is -2.13. The van der Waals surface area contributed by atoms with Gasteiger partial charge in [-0.25, -0.2) is 0 Å². The van der Waals surface area contributed by atoms with Gasteiger partial charge < -0.3 is 10.5 Å². The molecule has 0 fully saturated rings. The molecule has 1 aromatic carbocycles. The maximum Gasteiger partial charge on any atom is 0.130 e. The molecule has 13 heavy (non-hydrogen) atoms. The van der Waals surface area contributed by atoms with E-state index in [1.165, 1.54) is 0 Å². The van der Waals surface area contributed by atoms with E-state index >= 15 is 0 Å². The molecule has 0 aliphatic carbocycles. The quantitative estimate of drug-likeness (QED) is 0.631. The molecular formula is C9H11BrN2O. The highest BCUT2D eigenvalue weighted by Gasteiger charge is 2.06. The molecule has 0 atom stereocenters. The fourth-order valence-electron chi connectivity index (χ4n) is 0.994. The van der Waals surface area contributed by atoms with Crippen LogP contribution in [0.4, 0.5) is 0 Å². The van der Waals surface area contributed by atoms with Gasteiger partial charge in [0.15, 0.2) is 0 Å². The Morgan fingerprint density at radius 2 is 2.31 bits per heavy atom. The third kappa shape index (κ3) is 2.45. The van der Waals surface area contributed by atoms with Crippen molar-refractivity contribution in [2.24, 2.45) is 5.73 Å². The summed E-state index contributed by atoms with van der Waals surface area (Å²) in [7, 11) is 0. The van der Waals surface area contributed by atoms with E-state index in [0.29, 0.717) is 17.9 Å². The molecule has 70 valence electrons. The number of hydrogen-bond donors (Lipinski definition) is 2. The van der Waals surface area contributed by atoms with Crippen LogP contribution in [0.2, 0.25) is 0 Å². The monoisotopic (exact) mass is 242 g/mol. The van der Waals surface area contributed by atoms with Crippen molar-refractivity contribution in [2.45, 2.75) is 6.92 Å². The van der Waals surface area contributed by atoms with Gasteiger partial charge in [-0.2, -0.15) is 0 Å². The first-order chi connectivity index (χ1) is 6.15. The molecule has 0 aromatic heterocycles. The van der Waals surface area contributed by atoms with Crippen LogP contribution >= 0.6 is 15.9 Å². The van der Waals surface area contributed by atoms with Gasteiger partial charge in [0, 0.05) is 4.47 Å². The summed E-state index contributed by atoms with van der Waals surface area (Å²) in [5, 5.41) is 7.33. The zero-order chi connectivity index (χ0) is 9.84. The Balaban J connectivity index is 3.10. The summed E-state index contributed by atoms with van der Waals surface area (Å²) >= 11 is 3.31. The molecule has 0 heterocycles. The fraction of sp³-hybridized carbons (Fsp3) is 0.222. The Morgan fingerprint density at radius 3 is 2.85 bits per heavy atom. The number of ether oxygens (including phenoxy) is 1. The molecule has 0 aliphatic rings. The highest BCUT2D eigenvalue weighted by Crippen LogP contribution is 2.22. The summed E-state index contributed by atoms with van der Waals surface area (Å²) in [5.74, 6) is 0.669. The summed E-state index contributed by atoms with van der Waals surface area (Å²) in [4.78, 5) is 0. The van der Waals surface area contributed by atoms with Crippen molar-refractivity contribution in [1.29, 1.82) is 5.41 Å². The lowest BCUT2D eigenvalue weighted by molar-refractivity contribution is 0.339. The SMILES string of the molecule is CCOc1ccc(Br)cc1C(=N)N. The van der Waals surface area contributed by atoms with E-state index in [9.17, 15) is 0 Å². The number of nitrogens with one attached hydrogen (secondary N) is 1. The average Bonchev–Trinajstić information content (AvgIpc) is 2.08. The third-order valence-corrected chi connectivity index (χ3v) is 2.02. The molecule has 0 radical (unpaired) electrons. The normalized spacial score (nSPS) is 9.69. The maximum atomic E-state index is 7.33. The summed E-state index contributed by atoms with van der Waals surface area (Å²) in [6, 6.07) is 5.43. The topological polar surface area (TPSA) is 59.1 Å². The van der Waals surface area contributed by atoms with Gasteiger partial charge in [0.05, 0.1) is 12.2 Å². The van der Waals surface area contributed by atoms with Crippen molar-refractivity contribution in [2.75, 3.05) is 6.61 Å². The zero-order valence-corrected chi connectivity index (χ0v) is 8.89. The van der Waals surface area contributed by atoms with Crippen LogP contribution in [-0.2, 0) is 0 Å². The summed E-state index contributed by atoms with van der Waals surface area (Å²) in [6.07, 6.45) is 0. The fourth-order valence-corrected chi connectivity index (χ4v) is 1.36. The Hall–Kier alpha value is -1.03. The molecule has 0 spiro atoms. The van der Waals surface area contributed by atoms with Gasteiger partial charge in [-0.15, -0.1) is 0 Å². The molecule has 0 saturated heterocycles. The van der Waals surface area contributed by atoms with Crippen LogP contribution in [0.25, 0.3) is 0 Å². The lowest BCUT2D eigenvalue weighted by Gasteiger charge is -2.08. The minimum absolute atomic E-state index is 0.0183. The molecule has 0 bridgehead atoms. The van der Waals surface area contributed by atoms with Crippen molar-refractivity contribution in [3.63, 3.8) is 0 Å². The molecule has 0 amide bonds. The summed E-state index contributed by atoms with van der Waals surface area (Å²) in [6.45, 7) is 2.47. The van der Waals surface area contributed by atoms with Gasteiger partial charge >= 0.3 is 0 Å². The molecule has 4 heteroatoms. The predicted octanol–water partition coefficient (Wildman–Crippen LogP) is 2.13. The van der Waals surface area contributed by atoms with Gasteiger partial charge in [0.2, 0.25) is 0 Å². The first-order valence-electron chi connectivity index (χ1n) is 3.92. The van der Waals surface area contributed by atoms with Gasteiger partial charge in [-0.1, -0.05) is 15.9 Å². The van der Waals surface area contributed by atoms with E-state index in [1.807, 2.05) is 13.0 Å². The minimum atomic E-state index is 0.0183. The predicted molar refractivity (Wildman–Crippen MR) is 56.3 cm³/mol. The van der Waals surface area contributed by atoms with Crippen molar-refractivity contribution < 1.29 is 4.74 Å². The molecule has 0 unspecified atom stereocenters. The standard InChI is InChI=1S/C9H11BrN2O/c1-2-13-8-4-3-6(10)5-7(8)9(11)12/h3-5H,2H2,1H3,(H3,11,12). The van der Waals surface area contributed by atoms with Crippen LogP contribution in [0.1, 0.15) is 12.5 Å². The van der Waals surface area contributed by atoms with E-state index in [2.05, 4.69) is 15.9 Å². The third-order valence-electron chi connectivity index (χ3n) is 1.53. The molecular weight excluding hydrogens is 232 g/mol. The van der Waals surface area contributed by atoms with E-state index in [0.717, 1.165) is 4.47 Å². The number of nitrogens with two attached hydrogens (primary N) is 1. The lowest BCUT2D eigenvalue weighted by atomic mass is 10.2. The van der Waals surface area contributed by atoms with E-state index in [4.69, 9.17) is 15.9 Å². The molecule has 3 N–H and O–H groups in total. The first kappa shape index (κ1) is 10.1. The van der Waals surface area contributed by atoms with E-state index in [-0.39, 0.29) is 5.84 Å². The Labute approximate surface area is 85.5 Å². The first-order valence-corrected chi connectivity index (χ1v) is 4.71. The van der Waals surface area contributed by atoms with Crippen LogP contribution in [0, 0.1) is 5.41 Å². The largest absolute Gasteiger partial charge is 0.493 e. The maximum absolute atomic E-state index is 7.33.